The number of rotatable bonds is 6. The molecule has 20 heavy (non-hydrogen) atoms. The number of carbonyl (C=O) groups is 1. The lowest BCUT2D eigenvalue weighted by molar-refractivity contribution is -0.385. The van der Waals surface area contributed by atoms with Crippen molar-refractivity contribution in [3.8, 4) is 0 Å². The van der Waals surface area contributed by atoms with Crippen molar-refractivity contribution >= 4 is 23.2 Å². The zero-order chi connectivity index (χ0) is 15.3. The Morgan fingerprint density at radius 3 is 2.75 bits per heavy atom. The number of aliphatic hydroxyl groups is 1. The van der Waals surface area contributed by atoms with Crippen LogP contribution in [-0.4, -0.2) is 28.1 Å². The topological polar surface area (TPSA) is 92.5 Å². The van der Waals surface area contributed by atoms with Gasteiger partial charge in [0.1, 0.15) is 5.56 Å². The van der Waals surface area contributed by atoms with Gasteiger partial charge in [-0.05, 0) is 25.5 Å². The summed E-state index contributed by atoms with van der Waals surface area (Å²) in [6.45, 7) is 3.53. The third-order valence-electron chi connectivity index (χ3n) is 2.82. The van der Waals surface area contributed by atoms with Crippen LogP contribution >= 0.6 is 11.6 Å². The molecule has 0 saturated carbocycles. The third kappa shape index (κ3) is 4.47. The molecule has 0 bridgehead atoms. The van der Waals surface area contributed by atoms with E-state index < -0.39 is 16.4 Å². The molecule has 0 heterocycles. The lowest BCUT2D eigenvalue weighted by Gasteiger charge is -2.22. The number of hydrogen-bond acceptors (Lipinski definition) is 4. The van der Waals surface area contributed by atoms with Crippen molar-refractivity contribution in [1.82, 2.24) is 5.32 Å². The quantitative estimate of drug-likeness (QED) is 0.623. The molecule has 1 amide bonds. The van der Waals surface area contributed by atoms with Gasteiger partial charge in [-0.15, -0.1) is 0 Å². The van der Waals surface area contributed by atoms with Crippen LogP contribution in [0.1, 0.15) is 37.0 Å². The summed E-state index contributed by atoms with van der Waals surface area (Å²) >= 11 is 5.75. The van der Waals surface area contributed by atoms with Crippen LogP contribution in [0.25, 0.3) is 0 Å². The first kappa shape index (κ1) is 16.4. The van der Waals surface area contributed by atoms with Gasteiger partial charge in [-0.3, -0.25) is 14.9 Å². The summed E-state index contributed by atoms with van der Waals surface area (Å²) in [7, 11) is 0. The Balaban J connectivity index is 2.87. The van der Waals surface area contributed by atoms with Crippen LogP contribution in [0.3, 0.4) is 0 Å². The minimum absolute atomic E-state index is 0.0172. The van der Waals surface area contributed by atoms with E-state index in [1.165, 1.54) is 18.2 Å². The van der Waals surface area contributed by atoms with E-state index in [9.17, 15) is 20.0 Å². The maximum atomic E-state index is 12.0. The van der Waals surface area contributed by atoms with E-state index in [-0.39, 0.29) is 22.8 Å². The highest BCUT2D eigenvalue weighted by molar-refractivity contribution is 6.31. The SMILES string of the molecule is CCCC(C)(O)CNC(=O)c1cc(Cl)ccc1[N+](=O)[O-]. The zero-order valence-corrected chi connectivity index (χ0v) is 12.1. The summed E-state index contributed by atoms with van der Waals surface area (Å²) in [5.41, 5.74) is -1.48. The number of nitro benzene ring substituents is 1. The second kappa shape index (κ2) is 6.67. The number of halogens is 1. The molecule has 0 aliphatic rings. The van der Waals surface area contributed by atoms with Gasteiger partial charge < -0.3 is 10.4 Å². The molecule has 0 aliphatic carbocycles. The van der Waals surface area contributed by atoms with Crippen molar-refractivity contribution in [2.45, 2.75) is 32.3 Å². The van der Waals surface area contributed by atoms with Crippen LogP contribution in [-0.2, 0) is 0 Å². The van der Waals surface area contributed by atoms with Gasteiger partial charge in [-0.25, -0.2) is 0 Å². The molecule has 110 valence electrons. The van der Waals surface area contributed by atoms with Crippen LogP contribution in [0.15, 0.2) is 18.2 Å². The fourth-order valence-corrected chi connectivity index (χ4v) is 2.01. The molecule has 0 radical (unpaired) electrons. The number of amides is 1. The molecule has 0 spiro atoms. The van der Waals surface area contributed by atoms with Gasteiger partial charge in [-0.1, -0.05) is 24.9 Å². The summed E-state index contributed by atoms with van der Waals surface area (Å²) < 4.78 is 0. The van der Waals surface area contributed by atoms with Crippen LogP contribution < -0.4 is 5.32 Å². The van der Waals surface area contributed by atoms with Crippen molar-refractivity contribution in [1.29, 1.82) is 0 Å². The van der Waals surface area contributed by atoms with Gasteiger partial charge in [0.25, 0.3) is 11.6 Å². The highest BCUT2D eigenvalue weighted by Gasteiger charge is 2.24. The number of hydrogen-bond donors (Lipinski definition) is 2. The third-order valence-corrected chi connectivity index (χ3v) is 3.05. The number of carbonyl (C=O) groups excluding carboxylic acids is 1. The molecule has 7 heteroatoms. The molecular weight excluding hydrogens is 284 g/mol. The predicted octanol–water partition coefficient (Wildman–Crippen LogP) is 2.53. The van der Waals surface area contributed by atoms with E-state index in [2.05, 4.69) is 5.32 Å². The average Bonchev–Trinajstić information content (AvgIpc) is 2.35. The maximum absolute atomic E-state index is 12.0. The van der Waals surface area contributed by atoms with Crippen molar-refractivity contribution in [3.63, 3.8) is 0 Å². The fourth-order valence-electron chi connectivity index (χ4n) is 1.84. The molecule has 1 unspecified atom stereocenters. The van der Waals surface area contributed by atoms with Crippen molar-refractivity contribution in [3.05, 3.63) is 38.9 Å². The lowest BCUT2D eigenvalue weighted by atomic mass is 10.0. The second-order valence-corrected chi connectivity index (χ2v) is 5.28. The van der Waals surface area contributed by atoms with E-state index in [1.54, 1.807) is 6.92 Å². The summed E-state index contributed by atoms with van der Waals surface area (Å²) in [5.74, 6) is -0.629. The monoisotopic (exact) mass is 300 g/mol. The number of nitrogens with one attached hydrogen (secondary N) is 1. The first-order valence-electron chi connectivity index (χ1n) is 6.21. The van der Waals surface area contributed by atoms with E-state index in [1.807, 2.05) is 6.92 Å². The summed E-state index contributed by atoms with van der Waals surface area (Å²) in [6, 6.07) is 3.77. The van der Waals surface area contributed by atoms with Crippen molar-refractivity contribution in [2.24, 2.45) is 0 Å². The number of benzene rings is 1. The zero-order valence-electron chi connectivity index (χ0n) is 11.4. The molecule has 0 aliphatic heterocycles. The van der Waals surface area contributed by atoms with E-state index >= 15 is 0 Å². The standard InChI is InChI=1S/C13H17ClN2O4/c1-3-6-13(2,18)8-15-12(17)10-7-9(14)4-5-11(10)16(19)20/h4-5,7,18H,3,6,8H2,1-2H3,(H,15,17). The van der Waals surface area contributed by atoms with Gasteiger partial charge in [0, 0.05) is 17.6 Å². The molecule has 1 aromatic rings. The van der Waals surface area contributed by atoms with Gasteiger partial charge in [0.2, 0.25) is 0 Å². The van der Waals surface area contributed by atoms with Crippen LogP contribution in [0.2, 0.25) is 5.02 Å². The Bertz CT molecular complexity index is 517. The largest absolute Gasteiger partial charge is 0.388 e. The summed E-state index contributed by atoms with van der Waals surface area (Å²) in [5, 5.41) is 23.6. The minimum atomic E-state index is -1.04. The number of nitrogens with zero attached hydrogens (tertiary/aromatic N) is 1. The summed E-state index contributed by atoms with van der Waals surface area (Å²) in [4.78, 5) is 22.2. The highest BCUT2D eigenvalue weighted by atomic mass is 35.5. The van der Waals surface area contributed by atoms with E-state index in [0.29, 0.717) is 6.42 Å². The van der Waals surface area contributed by atoms with Crippen LogP contribution in [0, 0.1) is 10.1 Å². The summed E-state index contributed by atoms with van der Waals surface area (Å²) in [6.07, 6.45) is 1.28. The van der Waals surface area contributed by atoms with Crippen molar-refractivity contribution < 1.29 is 14.8 Å². The Labute approximate surface area is 121 Å². The average molecular weight is 301 g/mol. The molecule has 1 rings (SSSR count). The predicted molar refractivity (Wildman–Crippen MR) is 76.0 cm³/mol. The first-order chi connectivity index (χ1) is 9.26. The molecule has 1 atom stereocenters. The minimum Gasteiger partial charge on any atom is -0.388 e. The van der Waals surface area contributed by atoms with Gasteiger partial charge in [-0.2, -0.15) is 0 Å². The molecular formula is C13H17ClN2O4. The molecule has 0 fully saturated rings. The van der Waals surface area contributed by atoms with Gasteiger partial charge in [0.05, 0.1) is 10.5 Å². The molecule has 6 nitrogen and oxygen atoms in total. The lowest BCUT2D eigenvalue weighted by Crippen LogP contribution is -2.40. The highest BCUT2D eigenvalue weighted by Crippen LogP contribution is 2.22. The Morgan fingerprint density at radius 1 is 1.55 bits per heavy atom. The Morgan fingerprint density at radius 2 is 2.20 bits per heavy atom. The maximum Gasteiger partial charge on any atom is 0.282 e. The van der Waals surface area contributed by atoms with Gasteiger partial charge >= 0.3 is 0 Å². The Kier molecular flexibility index (Phi) is 5.47. The smallest absolute Gasteiger partial charge is 0.282 e. The second-order valence-electron chi connectivity index (χ2n) is 4.85. The molecule has 2 N–H and O–H groups in total. The molecule has 0 aromatic heterocycles. The van der Waals surface area contributed by atoms with E-state index in [0.717, 1.165) is 6.42 Å². The van der Waals surface area contributed by atoms with E-state index in [4.69, 9.17) is 11.6 Å². The van der Waals surface area contributed by atoms with Crippen molar-refractivity contribution in [2.75, 3.05) is 6.54 Å². The molecule has 0 saturated heterocycles. The molecule has 1 aromatic carbocycles. The van der Waals surface area contributed by atoms with Crippen LogP contribution in [0.5, 0.6) is 0 Å². The fraction of sp³-hybridized carbons (Fsp3) is 0.462. The Hall–Kier alpha value is -1.66. The number of nitro groups is 1. The van der Waals surface area contributed by atoms with Crippen LogP contribution in [0.4, 0.5) is 5.69 Å². The normalized spacial score (nSPS) is 13.6. The first-order valence-corrected chi connectivity index (χ1v) is 6.59. The van der Waals surface area contributed by atoms with Gasteiger partial charge in [0.15, 0.2) is 0 Å².